The molecule has 1 atom stereocenters. The van der Waals surface area contributed by atoms with E-state index in [0.717, 1.165) is 11.7 Å². The fourth-order valence-electron chi connectivity index (χ4n) is 2.75. The number of anilines is 1. The van der Waals surface area contributed by atoms with E-state index in [-0.39, 0.29) is 0 Å². The van der Waals surface area contributed by atoms with Crippen molar-refractivity contribution in [2.24, 2.45) is 0 Å². The average molecular weight is 272 g/mol. The molecule has 0 radical (unpaired) electrons. The van der Waals surface area contributed by atoms with Gasteiger partial charge < -0.3 is 5.32 Å². The van der Waals surface area contributed by atoms with Crippen molar-refractivity contribution < 1.29 is 0 Å². The summed E-state index contributed by atoms with van der Waals surface area (Å²) in [5.41, 5.74) is 2.68. The highest BCUT2D eigenvalue weighted by Crippen LogP contribution is 2.38. The maximum atomic E-state index is 4.83. The van der Waals surface area contributed by atoms with Crippen LogP contribution in [0.4, 0.5) is 5.13 Å². The van der Waals surface area contributed by atoms with E-state index in [0.29, 0.717) is 5.92 Å². The summed E-state index contributed by atoms with van der Waals surface area (Å²) in [5.74, 6) is 0.687. The Morgan fingerprint density at radius 1 is 1.32 bits per heavy atom. The maximum Gasteiger partial charge on any atom is 0.183 e. The van der Waals surface area contributed by atoms with Gasteiger partial charge in [0.15, 0.2) is 5.13 Å². The Hall–Kier alpha value is -1.35. The van der Waals surface area contributed by atoms with Gasteiger partial charge in [0, 0.05) is 17.3 Å². The van der Waals surface area contributed by atoms with Crippen LogP contribution in [0.3, 0.4) is 0 Å². The number of hydrogen-bond acceptors (Lipinski definition) is 3. The molecule has 1 aromatic carbocycles. The predicted octanol–water partition coefficient (Wildman–Crippen LogP) is 4.59. The molecule has 0 aliphatic heterocycles. The van der Waals surface area contributed by atoms with Gasteiger partial charge in [-0.05, 0) is 31.2 Å². The molecule has 1 heterocycles. The summed E-state index contributed by atoms with van der Waals surface area (Å²) < 4.78 is 0. The first kappa shape index (κ1) is 12.7. The van der Waals surface area contributed by atoms with Crippen molar-refractivity contribution in [1.82, 2.24) is 4.98 Å². The summed E-state index contributed by atoms with van der Waals surface area (Å²) in [4.78, 5) is 6.33. The normalized spacial score (nSPS) is 18.1. The van der Waals surface area contributed by atoms with Gasteiger partial charge in [0.2, 0.25) is 0 Å². The SMILES string of the molecule is CCC1CCCc2sc(NCc3ccccc3)nc21. The summed E-state index contributed by atoms with van der Waals surface area (Å²) in [7, 11) is 0. The largest absolute Gasteiger partial charge is 0.357 e. The van der Waals surface area contributed by atoms with Crippen molar-refractivity contribution in [3.8, 4) is 0 Å². The van der Waals surface area contributed by atoms with Gasteiger partial charge in [-0.3, -0.25) is 0 Å². The predicted molar refractivity (Wildman–Crippen MR) is 81.9 cm³/mol. The molecule has 19 heavy (non-hydrogen) atoms. The van der Waals surface area contributed by atoms with Gasteiger partial charge in [0.1, 0.15) is 0 Å². The summed E-state index contributed by atoms with van der Waals surface area (Å²) in [5, 5.41) is 4.56. The zero-order valence-electron chi connectivity index (χ0n) is 11.4. The molecule has 100 valence electrons. The van der Waals surface area contributed by atoms with Gasteiger partial charge in [0.25, 0.3) is 0 Å². The Labute approximate surface area is 118 Å². The third-order valence-corrected chi connectivity index (χ3v) is 4.94. The van der Waals surface area contributed by atoms with Gasteiger partial charge in [-0.25, -0.2) is 4.98 Å². The van der Waals surface area contributed by atoms with Crippen LogP contribution >= 0.6 is 11.3 Å². The highest BCUT2D eigenvalue weighted by atomic mass is 32.1. The maximum absolute atomic E-state index is 4.83. The third kappa shape index (κ3) is 2.81. The number of aryl methyl sites for hydroxylation is 1. The van der Waals surface area contributed by atoms with Crippen LogP contribution in [0.1, 0.15) is 48.2 Å². The Bertz CT molecular complexity index is 533. The molecule has 0 saturated carbocycles. The molecule has 1 aliphatic carbocycles. The van der Waals surface area contributed by atoms with E-state index in [1.165, 1.54) is 41.8 Å². The topological polar surface area (TPSA) is 24.9 Å². The number of aromatic nitrogens is 1. The molecule has 2 aromatic rings. The smallest absolute Gasteiger partial charge is 0.183 e. The van der Waals surface area contributed by atoms with Gasteiger partial charge in [-0.2, -0.15) is 0 Å². The average Bonchev–Trinajstić information content (AvgIpc) is 2.89. The Morgan fingerprint density at radius 3 is 2.95 bits per heavy atom. The minimum atomic E-state index is 0.687. The molecular formula is C16H20N2S. The highest BCUT2D eigenvalue weighted by Gasteiger charge is 2.23. The number of rotatable bonds is 4. The van der Waals surface area contributed by atoms with E-state index in [4.69, 9.17) is 4.98 Å². The fraction of sp³-hybridized carbons (Fsp3) is 0.438. The molecule has 1 aromatic heterocycles. The number of thiazole rings is 1. The van der Waals surface area contributed by atoms with E-state index in [2.05, 4.69) is 42.6 Å². The van der Waals surface area contributed by atoms with Crippen molar-refractivity contribution in [2.75, 3.05) is 5.32 Å². The lowest BCUT2D eigenvalue weighted by atomic mass is 9.89. The molecule has 0 saturated heterocycles. The number of nitrogens with zero attached hydrogens (tertiary/aromatic N) is 1. The van der Waals surface area contributed by atoms with Crippen LogP contribution in [0, 0.1) is 0 Å². The molecule has 0 bridgehead atoms. The second-order valence-electron chi connectivity index (χ2n) is 5.16. The van der Waals surface area contributed by atoms with Crippen molar-refractivity contribution in [1.29, 1.82) is 0 Å². The zero-order chi connectivity index (χ0) is 13.1. The van der Waals surface area contributed by atoms with Gasteiger partial charge in [0.05, 0.1) is 5.69 Å². The second-order valence-corrected chi connectivity index (χ2v) is 6.25. The van der Waals surface area contributed by atoms with Crippen LogP contribution in [-0.2, 0) is 13.0 Å². The monoisotopic (exact) mass is 272 g/mol. The third-order valence-electron chi connectivity index (χ3n) is 3.85. The van der Waals surface area contributed by atoms with Crippen LogP contribution in [0.2, 0.25) is 0 Å². The lowest BCUT2D eigenvalue weighted by molar-refractivity contribution is 0.533. The minimum Gasteiger partial charge on any atom is -0.357 e. The molecular weight excluding hydrogens is 252 g/mol. The molecule has 1 N–H and O–H groups in total. The minimum absolute atomic E-state index is 0.687. The molecule has 0 fully saturated rings. The Balaban J connectivity index is 1.71. The van der Waals surface area contributed by atoms with Gasteiger partial charge >= 0.3 is 0 Å². The van der Waals surface area contributed by atoms with Crippen molar-refractivity contribution in [3.63, 3.8) is 0 Å². The summed E-state index contributed by atoms with van der Waals surface area (Å²) in [6.45, 7) is 3.14. The van der Waals surface area contributed by atoms with Crippen LogP contribution in [0.5, 0.6) is 0 Å². The van der Waals surface area contributed by atoms with E-state index in [1.807, 2.05) is 11.3 Å². The second kappa shape index (κ2) is 5.74. The lowest BCUT2D eigenvalue weighted by Gasteiger charge is -2.18. The van der Waals surface area contributed by atoms with Gasteiger partial charge in [-0.15, -0.1) is 11.3 Å². The van der Waals surface area contributed by atoms with Crippen molar-refractivity contribution in [2.45, 2.75) is 45.1 Å². The van der Waals surface area contributed by atoms with Crippen LogP contribution in [0.25, 0.3) is 0 Å². The van der Waals surface area contributed by atoms with Crippen LogP contribution in [-0.4, -0.2) is 4.98 Å². The first-order valence-corrected chi connectivity index (χ1v) is 7.96. The standard InChI is InChI=1S/C16H20N2S/c1-2-13-9-6-10-14-15(13)18-16(19-14)17-11-12-7-4-3-5-8-12/h3-5,7-8,13H,2,6,9-11H2,1H3,(H,17,18). The number of hydrogen-bond donors (Lipinski definition) is 1. The molecule has 2 nitrogen and oxygen atoms in total. The lowest BCUT2D eigenvalue weighted by Crippen LogP contribution is -2.07. The van der Waals surface area contributed by atoms with Crippen molar-refractivity contribution in [3.05, 3.63) is 46.5 Å². The van der Waals surface area contributed by atoms with E-state index in [9.17, 15) is 0 Å². The van der Waals surface area contributed by atoms with Crippen LogP contribution in [0.15, 0.2) is 30.3 Å². The van der Waals surface area contributed by atoms with E-state index in [1.54, 1.807) is 0 Å². The summed E-state index contributed by atoms with van der Waals surface area (Å²) >= 11 is 1.85. The summed E-state index contributed by atoms with van der Waals surface area (Å²) in [6, 6.07) is 10.5. The fourth-order valence-corrected chi connectivity index (χ4v) is 3.84. The molecule has 1 aliphatic rings. The molecule has 0 spiro atoms. The number of nitrogens with one attached hydrogen (secondary N) is 1. The molecule has 3 rings (SSSR count). The molecule has 1 unspecified atom stereocenters. The molecule has 3 heteroatoms. The first-order valence-electron chi connectivity index (χ1n) is 7.14. The van der Waals surface area contributed by atoms with E-state index >= 15 is 0 Å². The first-order chi connectivity index (χ1) is 9.36. The number of benzene rings is 1. The van der Waals surface area contributed by atoms with Crippen LogP contribution < -0.4 is 5.32 Å². The summed E-state index contributed by atoms with van der Waals surface area (Å²) in [6.07, 6.45) is 5.07. The van der Waals surface area contributed by atoms with Crippen molar-refractivity contribution >= 4 is 16.5 Å². The Kier molecular flexibility index (Phi) is 3.83. The number of fused-ring (bicyclic) bond motifs is 1. The van der Waals surface area contributed by atoms with E-state index < -0.39 is 0 Å². The zero-order valence-corrected chi connectivity index (χ0v) is 12.2. The highest BCUT2D eigenvalue weighted by molar-refractivity contribution is 7.15. The quantitative estimate of drug-likeness (QED) is 0.881. The molecule has 0 amide bonds. The van der Waals surface area contributed by atoms with Gasteiger partial charge in [-0.1, -0.05) is 37.3 Å². The Morgan fingerprint density at radius 2 is 2.16 bits per heavy atom.